The van der Waals surface area contributed by atoms with Gasteiger partial charge >= 0.3 is 0 Å². The Morgan fingerprint density at radius 3 is 2.68 bits per heavy atom. The van der Waals surface area contributed by atoms with Crippen molar-refractivity contribution < 1.29 is 9.53 Å². The number of amides is 1. The Bertz CT molecular complexity index is 826. The number of carbonyl (C=O) groups excluding carboxylic acids is 1. The molecule has 0 bridgehead atoms. The smallest absolute Gasteiger partial charge is 0.257 e. The molecule has 0 N–H and O–H groups in total. The average molecular weight is 357 g/mol. The number of piperazine rings is 1. The zero-order valence-electron chi connectivity index (χ0n) is 13.8. The van der Waals surface area contributed by atoms with Crippen molar-refractivity contribution in [2.75, 3.05) is 38.2 Å². The maximum absolute atomic E-state index is 12.8. The third kappa shape index (κ3) is 3.67. The lowest BCUT2D eigenvalue weighted by atomic mass is 10.1. The largest absolute Gasteiger partial charge is 0.496 e. The summed E-state index contributed by atoms with van der Waals surface area (Å²) in [7, 11) is 1.53. The average Bonchev–Trinajstić information content (AvgIpc) is 2.67. The second-order valence-corrected chi connectivity index (χ2v) is 6.07. The first-order valence-electron chi connectivity index (χ1n) is 7.86. The monoisotopic (exact) mass is 356 g/mol. The van der Waals surface area contributed by atoms with Crippen molar-refractivity contribution in [1.29, 1.82) is 5.26 Å². The van der Waals surface area contributed by atoms with Crippen LogP contribution in [0.5, 0.6) is 5.75 Å². The standard InChI is InChI=1S/C18H17ClN4O2/c1-25-16-3-2-14(19)11-15(16)18(24)23-8-6-22(7-9-23)17-10-13(12-20)4-5-21-17/h2-5,10-11H,6-9H2,1H3. The van der Waals surface area contributed by atoms with Crippen LogP contribution in [0.1, 0.15) is 15.9 Å². The van der Waals surface area contributed by atoms with Crippen molar-refractivity contribution in [3.05, 3.63) is 52.7 Å². The predicted molar refractivity (Wildman–Crippen MR) is 95.1 cm³/mol. The number of halogens is 1. The molecule has 2 heterocycles. The predicted octanol–water partition coefficient (Wildman–Crippen LogP) is 2.58. The summed E-state index contributed by atoms with van der Waals surface area (Å²) in [6.45, 7) is 2.42. The van der Waals surface area contributed by atoms with E-state index >= 15 is 0 Å². The Hall–Kier alpha value is -2.78. The molecule has 1 fully saturated rings. The summed E-state index contributed by atoms with van der Waals surface area (Å²) in [5.74, 6) is 1.17. The maximum atomic E-state index is 12.8. The van der Waals surface area contributed by atoms with Crippen molar-refractivity contribution in [3.63, 3.8) is 0 Å². The summed E-state index contributed by atoms with van der Waals surface area (Å²) >= 11 is 6.02. The van der Waals surface area contributed by atoms with Gasteiger partial charge in [0.1, 0.15) is 11.6 Å². The minimum atomic E-state index is -0.0993. The van der Waals surface area contributed by atoms with Gasteiger partial charge < -0.3 is 14.5 Å². The van der Waals surface area contributed by atoms with E-state index in [-0.39, 0.29) is 5.91 Å². The Morgan fingerprint density at radius 1 is 1.24 bits per heavy atom. The van der Waals surface area contributed by atoms with Crippen LogP contribution in [0.15, 0.2) is 36.5 Å². The number of nitriles is 1. The molecule has 2 aromatic rings. The van der Waals surface area contributed by atoms with E-state index in [2.05, 4.69) is 16.0 Å². The van der Waals surface area contributed by atoms with E-state index in [1.807, 2.05) is 0 Å². The van der Waals surface area contributed by atoms with Crippen LogP contribution in [-0.4, -0.2) is 49.1 Å². The van der Waals surface area contributed by atoms with Gasteiger partial charge in [0.2, 0.25) is 0 Å². The molecule has 25 heavy (non-hydrogen) atoms. The van der Waals surface area contributed by atoms with Crippen LogP contribution in [0, 0.1) is 11.3 Å². The number of ether oxygens (including phenoxy) is 1. The van der Waals surface area contributed by atoms with Gasteiger partial charge in [-0.3, -0.25) is 4.79 Å². The second-order valence-electron chi connectivity index (χ2n) is 5.64. The Labute approximate surface area is 151 Å². The molecule has 1 aliphatic rings. The number of pyridine rings is 1. The SMILES string of the molecule is COc1ccc(Cl)cc1C(=O)N1CCN(c2cc(C#N)ccn2)CC1. The highest BCUT2D eigenvalue weighted by Gasteiger charge is 2.25. The number of carbonyl (C=O) groups is 1. The van der Waals surface area contributed by atoms with Gasteiger partial charge in [0.05, 0.1) is 24.3 Å². The highest BCUT2D eigenvalue weighted by molar-refractivity contribution is 6.31. The third-order valence-electron chi connectivity index (χ3n) is 4.16. The van der Waals surface area contributed by atoms with Gasteiger partial charge in [-0.25, -0.2) is 4.98 Å². The van der Waals surface area contributed by atoms with Crippen LogP contribution in [0.4, 0.5) is 5.82 Å². The minimum absolute atomic E-state index is 0.0993. The molecule has 1 amide bonds. The summed E-state index contributed by atoms with van der Waals surface area (Å²) in [6.07, 6.45) is 1.63. The first kappa shape index (κ1) is 17.1. The maximum Gasteiger partial charge on any atom is 0.257 e. The first-order valence-corrected chi connectivity index (χ1v) is 8.24. The molecule has 7 heteroatoms. The van der Waals surface area contributed by atoms with Gasteiger partial charge in [-0.1, -0.05) is 11.6 Å². The van der Waals surface area contributed by atoms with E-state index in [1.54, 1.807) is 41.4 Å². The van der Waals surface area contributed by atoms with E-state index in [0.717, 1.165) is 5.82 Å². The molecule has 0 spiro atoms. The molecular weight excluding hydrogens is 340 g/mol. The summed E-state index contributed by atoms with van der Waals surface area (Å²) in [6, 6.07) is 10.6. The zero-order valence-corrected chi connectivity index (χ0v) is 14.5. The number of rotatable bonds is 3. The molecule has 0 radical (unpaired) electrons. The second kappa shape index (κ2) is 7.41. The number of nitrogens with zero attached hydrogens (tertiary/aromatic N) is 4. The van der Waals surface area contributed by atoms with Gasteiger partial charge in [0.15, 0.2) is 0 Å². The lowest BCUT2D eigenvalue weighted by Gasteiger charge is -2.35. The molecule has 0 saturated carbocycles. The van der Waals surface area contributed by atoms with Crippen molar-refractivity contribution in [2.24, 2.45) is 0 Å². The fourth-order valence-corrected chi connectivity index (χ4v) is 2.99. The lowest BCUT2D eigenvalue weighted by molar-refractivity contribution is 0.0743. The number of hydrogen-bond acceptors (Lipinski definition) is 5. The van der Waals surface area contributed by atoms with Crippen molar-refractivity contribution in [2.45, 2.75) is 0 Å². The fourth-order valence-electron chi connectivity index (χ4n) is 2.82. The van der Waals surface area contributed by atoms with Crippen LogP contribution in [0.25, 0.3) is 0 Å². The van der Waals surface area contributed by atoms with Crippen LogP contribution in [0.2, 0.25) is 5.02 Å². The van der Waals surface area contributed by atoms with Crippen LogP contribution in [0.3, 0.4) is 0 Å². The molecule has 6 nitrogen and oxygen atoms in total. The van der Waals surface area contributed by atoms with Crippen molar-refractivity contribution in [3.8, 4) is 11.8 Å². The van der Waals surface area contributed by atoms with E-state index in [0.29, 0.717) is 48.1 Å². The molecule has 1 aliphatic heterocycles. The van der Waals surface area contributed by atoms with Gasteiger partial charge in [-0.2, -0.15) is 5.26 Å². The molecule has 1 aromatic carbocycles. The highest BCUT2D eigenvalue weighted by atomic mass is 35.5. The molecule has 0 atom stereocenters. The first-order chi connectivity index (χ1) is 12.1. The number of aromatic nitrogens is 1. The number of hydrogen-bond donors (Lipinski definition) is 0. The molecular formula is C18H17ClN4O2. The minimum Gasteiger partial charge on any atom is -0.496 e. The van der Waals surface area contributed by atoms with Gasteiger partial charge in [0, 0.05) is 37.4 Å². The van der Waals surface area contributed by atoms with Gasteiger partial charge in [-0.05, 0) is 30.3 Å². The Balaban J connectivity index is 1.71. The van der Waals surface area contributed by atoms with Crippen molar-refractivity contribution >= 4 is 23.3 Å². The van der Waals surface area contributed by atoms with E-state index in [4.69, 9.17) is 21.6 Å². The van der Waals surface area contributed by atoms with Crippen LogP contribution >= 0.6 is 11.6 Å². The molecule has 128 valence electrons. The summed E-state index contributed by atoms with van der Waals surface area (Å²) in [4.78, 5) is 20.9. The summed E-state index contributed by atoms with van der Waals surface area (Å²) in [5.41, 5.74) is 1.04. The number of methoxy groups -OCH3 is 1. The van der Waals surface area contributed by atoms with Crippen LogP contribution in [-0.2, 0) is 0 Å². The quantitative estimate of drug-likeness (QED) is 0.845. The van der Waals surface area contributed by atoms with E-state index in [9.17, 15) is 4.79 Å². The Morgan fingerprint density at radius 2 is 2.00 bits per heavy atom. The molecule has 0 unspecified atom stereocenters. The fraction of sp³-hybridized carbons (Fsp3) is 0.278. The van der Waals surface area contributed by atoms with Crippen LogP contribution < -0.4 is 9.64 Å². The lowest BCUT2D eigenvalue weighted by Crippen LogP contribution is -2.49. The molecule has 1 saturated heterocycles. The molecule has 3 rings (SSSR count). The summed E-state index contributed by atoms with van der Waals surface area (Å²) < 4.78 is 5.27. The van der Waals surface area contributed by atoms with E-state index < -0.39 is 0 Å². The molecule has 0 aliphatic carbocycles. The number of benzene rings is 1. The zero-order chi connectivity index (χ0) is 17.8. The molecule has 1 aromatic heterocycles. The highest BCUT2D eigenvalue weighted by Crippen LogP contribution is 2.25. The normalized spacial score (nSPS) is 14.1. The summed E-state index contributed by atoms with van der Waals surface area (Å²) in [5, 5.41) is 9.50. The van der Waals surface area contributed by atoms with Crippen molar-refractivity contribution in [1.82, 2.24) is 9.88 Å². The topological polar surface area (TPSA) is 69.5 Å². The van der Waals surface area contributed by atoms with Gasteiger partial charge in [-0.15, -0.1) is 0 Å². The third-order valence-corrected chi connectivity index (χ3v) is 4.39. The number of anilines is 1. The van der Waals surface area contributed by atoms with Gasteiger partial charge in [0.25, 0.3) is 5.91 Å². The van der Waals surface area contributed by atoms with E-state index in [1.165, 1.54) is 7.11 Å². The Kier molecular flexibility index (Phi) is 5.05.